The molecule has 1 spiro atoms. The summed E-state index contributed by atoms with van der Waals surface area (Å²) in [6.45, 7) is 10.9. The molecule has 1 N–H and O–H groups in total. The maximum atomic E-state index is 3.53. The second-order valence-electron chi connectivity index (χ2n) is 6.23. The van der Waals surface area contributed by atoms with Crippen molar-refractivity contribution in [3.63, 3.8) is 0 Å². The van der Waals surface area contributed by atoms with Crippen LogP contribution in [0, 0.1) is 0 Å². The molecule has 1 atom stereocenters. The first-order valence-corrected chi connectivity index (χ1v) is 9.07. The Morgan fingerprint density at radius 2 is 1.86 bits per heavy atom. The molecular weight excluding hydrogens is 325 g/mol. The van der Waals surface area contributed by atoms with Crippen LogP contribution in [0.5, 0.6) is 0 Å². The Bertz CT molecular complexity index is 276. The van der Waals surface area contributed by atoms with Gasteiger partial charge in [-0.05, 0) is 65.2 Å². The number of likely N-dealkylation sites (N-methyl/N-ethyl adjacent to an activating group) is 1. The van der Waals surface area contributed by atoms with Gasteiger partial charge >= 0.3 is 0 Å². The van der Waals surface area contributed by atoms with Crippen LogP contribution in [-0.4, -0.2) is 72.7 Å². The maximum absolute atomic E-state index is 3.53. The van der Waals surface area contributed by atoms with Gasteiger partial charge in [-0.25, -0.2) is 0 Å². The predicted molar refractivity (Wildman–Crippen MR) is 101 cm³/mol. The number of hydrogen-bond acceptors (Lipinski definition) is 4. The third-order valence-corrected chi connectivity index (χ3v) is 6.09. The van der Waals surface area contributed by atoms with Crippen LogP contribution < -0.4 is 5.32 Å². The first-order valence-electron chi connectivity index (χ1n) is 7.92. The second kappa shape index (κ2) is 10.6. The lowest BCUT2D eigenvalue weighted by atomic mass is 9.86. The molecular formula is C15H33Cl2N3S. The van der Waals surface area contributed by atoms with Crippen LogP contribution in [0.25, 0.3) is 0 Å². The molecule has 2 aliphatic rings. The normalized spacial score (nSPS) is 24.7. The van der Waals surface area contributed by atoms with Crippen LogP contribution in [0.1, 0.15) is 33.1 Å². The molecule has 1 unspecified atom stereocenters. The van der Waals surface area contributed by atoms with Crippen molar-refractivity contribution in [3.8, 4) is 0 Å². The highest BCUT2D eigenvalue weighted by atomic mass is 35.5. The predicted octanol–water partition coefficient (Wildman–Crippen LogP) is 2.73. The maximum Gasteiger partial charge on any atom is 0.0357 e. The molecule has 128 valence electrons. The number of nitrogens with zero attached hydrogens (tertiary/aromatic N) is 2. The van der Waals surface area contributed by atoms with Crippen LogP contribution >= 0.6 is 36.6 Å². The van der Waals surface area contributed by atoms with Gasteiger partial charge in [0.2, 0.25) is 0 Å². The van der Waals surface area contributed by atoms with E-state index >= 15 is 0 Å². The molecule has 0 aromatic rings. The molecule has 0 aliphatic carbocycles. The lowest BCUT2D eigenvalue weighted by molar-refractivity contribution is 0.0578. The number of piperidine rings is 1. The van der Waals surface area contributed by atoms with Crippen molar-refractivity contribution in [1.29, 1.82) is 0 Å². The number of nitrogens with one attached hydrogen (secondary N) is 1. The van der Waals surface area contributed by atoms with Crippen molar-refractivity contribution < 1.29 is 0 Å². The molecule has 0 radical (unpaired) electrons. The van der Waals surface area contributed by atoms with E-state index in [2.05, 4.69) is 47.8 Å². The van der Waals surface area contributed by atoms with E-state index in [0.29, 0.717) is 5.54 Å². The van der Waals surface area contributed by atoms with E-state index in [-0.39, 0.29) is 24.8 Å². The minimum Gasteiger partial charge on any atom is -0.317 e. The van der Waals surface area contributed by atoms with Gasteiger partial charge in [0.25, 0.3) is 0 Å². The molecule has 0 saturated carbocycles. The summed E-state index contributed by atoms with van der Waals surface area (Å²) in [5, 5.41) is 3.53. The lowest BCUT2D eigenvalue weighted by Gasteiger charge is -2.46. The minimum atomic E-state index is 0. The topological polar surface area (TPSA) is 18.5 Å². The number of halogens is 2. The fraction of sp³-hybridized carbons (Fsp3) is 1.00. The van der Waals surface area contributed by atoms with Gasteiger partial charge in [-0.2, -0.15) is 11.8 Å². The van der Waals surface area contributed by atoms with E-state index in [1.807, 2.05) is 0 Å². The SMILES string of the molecule is CCSCC(C)N1CCCN(C)C2(CCNCC2)C1.Cl.Cl. The molecule has 2 rings (SSSR count). The van der Waals surface area contributed by atoms with E-state index < -0.39 is 0 Å². The van der Waals surface area contributed by atoms with E-state index in [1.165, 1.54) is 63.5 Å². The highest BCUT2D eigenvalue weighted by Gasteiger charge is 2.39. The summed E-state index contributed by atoms with van der Waals surface area (Å²) in [6, 6.07) is 0.725. The van der Waals surface area contributed by atoms with Crippen molar-refractivity contribution in [2.24, 2.45) is 0 Å². The average molecular weight is 358 g/mol. The summed E-state index contributed by atoms with van der Waals surface area (Å²) in [5.74, 6) is 2.53. The van der Waals surface area contributed by atoms with Crippen molar-refractivity contribution in [2.75, 3.05) is 51.3 Å². The van der Waals surface area contributed by atoms with Gasteiger partial charge in [-0.3, -0.25) is 9.80 Å². The van der Waals surface area contributed by atoms with E-state index in [4.69, 9.17) is 0 Å². The largest absolute Gasteiger partial charge is 0.317 e. The van der Waals surface area contributed by atoms with Crippen LogP contribution in [-0.2, 0) is 0 Å². The van der Waals surface area contributed by atoms with Gasteiger partial charge in [0, 0.05) is 23.9 Å². The third-order valence-electron chi connectivity index (χ3n) is 4.97. The van der Waals surface area contributed by atoms with Gasteiger partial charge in [0.1, 0.15) is 0 Å². The third kappa shape index (κ3) is 5.74. The van der Waals surface area contributed by atoms with E-state index in [0.717, 1.165) is 6.04 Å². The van der Waals surface area contributed by atoms with Crippen molar-refractivity contribution in [1.82, 2.24) is 15.1 Å². The smallest absolute Gasteiger partial charge is 0.0357 e. The number of rotatable bonds is 4. The summed E-state index contributed by atoms with van der Waals surface area (Å²) in [4.78, 5) is 5.42. The fourth-order valence-corrected chi connectivity index (χ4v) is 4.32. The standard InChI is InChI=1S/C15H31N3S.2ClH/c1-4-19-12-14(2)18-11-5-10-17(3)15(13-18)6-8-16-9-7-15;;/h14,16H,4-13H2,1-3H3;2*1H. The summed E-state index contributed by atoms with van der Waals surface area (Å²) >= 11 is 2.08. The van der Waals surface area contributed by atoms with Gasteiger partial charge in [0.15, 0.2) is 0 Å². The van der Waals surface area contributed by atoms with Crippen molar-refractivity contribution >= 4 is 36.6 Å². The van der Waals surface area contributed by atoms with Gasteiger partial charge in [0.05, 0.1) is 0 Å². The molecule has 6 heteroatoms. The Hall–Kier alpha value is 0.810. The van der Waals surface area contributed by atoms with Crippen molar-refractivity contribution in [2.45, 2.75) is 44.7 Å². The number of hydrogen-bond donors (Lipinski definition) is 1. The zero-order valence-electron chi connectivity index (χ0n) is 13.8. The monoisotopic (exact) mass is 357 g/mol. The van der Waals surface area contributed by atoms with E-state index in [1.54, 1.807) is 0 Å². The first-order chi connectivity index (χ1) is 9.18. The molecule has 2 heterocycles. The van der Waals surface area contributed by atoms with E-state index in [9.17, 15) is 0 Å². The lowest BCUT2D eigenvalue weighted by Crippen LogP contribution is -2.58. The molecule has 0 aromatic heterocycles. The second-order valence-corrected chi connectivity index (χ2v) is 7.55. The summed E-state index contributed by atoms with van der Waals surface area (Å²) in [6.07, 6.45) is 3.95. The first kappa shape index (κ1) is 21.8. The molecule has 2 aliphatic heterocycles. The fourth-order valence-electron chi connectivity index (χ4n) is 3.53. The van der Waals surface area contributed by atoms with Gasteiger partial charge < -0.3 is 5.32 Å². The molecule has 0 bridgehead atoms. The highest BCUT2D eigenvalue weighted by molar-refractivity contribution is 7.99. The summed E-state index contributed by atoms with van der Waals surface area (Å²) < 4.78 is 0. The van der Waals surface area contributed by atoms with Crippen molar-refractivity contribution in [3.05, 3.63) is 0 Å². The zero-order valence-corrected chi connectivity index (χ0v) is 16.2. The van der Waals surface area contributed by atoms with Crippen LogP contribution in [0.15, 0.2) is 0 Å². The molecule has 2 fully saturated rings. The Morgan fingerprint density at radius 1 is 1.19 bits per heavy atom. The number of thioether (sulfide) groups is 1. The molecule has 3 nitrogen and oxygen atoms in total. The minimum absolute atomic E-state index is 0. The van der Waals surface area contributed by atoms with Crippen LogP contribution in [0.3, 0.4) is 0 Å². The quantitative estimate of drug-likeness (QED) is 0.833. The molecule has 0 aromatic carbocycles. The summed E-state index contributed by atoms with van der Waals surface area (Å²) in [7, 11) is 2.35. The Labute approximate surface area is 147 Å². The van der Waals surface area contributed by atoms with Crippen LogP contribution in [0.4, 0.5) is 0 Å². The zero-order chi connectivity index (χ0) is 13.7. The van der Waals surface area contributed by atoms with Gasteiger partial charge in [-0.1, -0.05) is 6.92 Å². The molecule has 2 saturated heterocycles. The van der Waals surface area contributed by atoms with Gasteiger partial charge in [-0.15, -0.1) is 24.8 Å². The molecule has 0 amide bonds. The highest BCUT2D eigenvalue weighted by Crippen LogP contribution is 2.30. The Kier molecular flexibility index (Phi) is 11.0. The Balaban J connectivity index is 0.00000200. The molecule has 21 heavy (non-hydrogen) atoms. The average Bonchev–Trinajstić information content (AvgIpc) is 2.58. The van der Waals surface area contributed by atoms with Crippen LogP contribution in [0.2, 0.25) is 0 Å². The Morgan fingerprint density at radius 3 is 2.48 bits per heavy atom. The summed E-state index contributed by atoms with van der Waals surface area (Å²) in [5.41, 5.74) is 0.437.